The van der Waals surface area contributed by atoms with E-state index in [4.69, 9.17) is 0 Å². The van der Waals surface area contributed by atoms with Gasteiger partial charge in [-0.2, -0.15) is 0 Å². The third kappa shape index (κ3) is 4.79. The largest absolute Gasteiger partial charge is 0.349 e. The maximum absolute atomic E-state index is 13.1. The van der Waals surface area contributed by atoms with Gasteiger partial charge in [-0.25, -0.2) is 9.07 Å². The molecule has 31 heavy (non-hydrogen) atoms. The van der Waals surface area contributed by atoms with Gasteiger partial charge in [0.2, 0.25) is 0 Å². The highest BCUT2D eigenvalue weighted by Gasteiger charge is 2.26. The van der Waals surface area contributed by atoms with Crippen LogP contribution in [0.1, 0.15) is 44.8 Å². The first-order valence-corrected chi connectivity index (χ1v) is 10.3. The lowest BCUT2D eigenvalue weighted by molar-refractivity contribution is 0.0692. The Morgan fingerprint density at radius 1 is 1.03 bits per heavy atom. The quantitative estimate of drug-likeness (QED) is 0.702. The zero-order chi connectivity index (χ0) is 22.0. The third-order valence-electron chi connectivity index (χ3n) is 5.40. The topological polar surface area (TPSA) is 80.1 Å². The molecule has 4 rings (SSSR count). The summed E-state index contributed by atoms with van der Waals surface area (Å²) in [7, 11) is 0. The van der Waals surface area contributed by atoms with Gasteiger partial charge in [0, 0.05) is 24.7 Å². The normalized spacial score (nSPS) is 14.5. The van der Waals surface area contributed by atoms with Crippen molar-refractivity contribution >= 4 is 11.8 Å². The molecule has 1 aliphatic heterocycles. The van der Waals surface area contributed by atoms with Crippen LogP contribution in [0.4, 0.5) is 4.39 Å². The van der Waals surface area contributed by atoms with Crippen LogP contribution in [0.5, 0.6) is 0 Å². The second-order valence-electron chi connectivity index (χ2n) is 7.94. The van der Waals surface area contributed by atoms with Gasteiger partial charge in [-0.1, -0.05) is 22.4 Å². The highest BCUT2D eigenvalue weighted by molar-refractivity contribution is 5.95. The molecule has 2 amide bonds. The summed E-state index contributed by atoms with van der Waals surface area (Å²) in [6, 6.07) is 11.6. The number of nitrogens with one attached hydrogen (secondary N) is 1. The molecule has 160 valence electrons. The van der Waals surface area contributed by atoms with Gasteiger partial charge in [-0.15, -0.1) is 5.10 Å². The monoisotopic (exact) mass is 421 g/mol. The lowest BCUT2D eigenvalue weighted by Crippen LogP contribution is -2.46. The van der Waals surface area contributed by atoms with E-state index >= 15 is 0 Å². The van der Waals surface area contributed by atoms with Crippen molar-refractivity contribution in [2.75, 3.05) is 13.1 Å². The number of hydrogen-bond acceptors (Lipinski definition) is 4. The number of halogens is 1. The molecule has 3 aromatic rings. The molecule has 8 heteroatoms. The molecule has 0 aliphatic carbocycles. The fourth-order valence-electron chi connectivity index (χ4n) is 3.85. The summed E-state index contributed by atoms with van der Waals surface area (Å²) in [4.78, 5) is 27.1. The fraction of sp³-hybridized carbons (Fsp3) is 0.304. The van der Waals surface area contributed by atoms with Crippen molar-refractivity contribution in [1.82, 2.24) is 25.2 Å². The second kappa shape index (κ2) is 8.67. The Kier molecular flexibility index (Phi) is 5.79. The number of hydrogen-bond donors (Lipinski definition) is 1. The zero-order valence-electron chi connectivity index (χ0n) is 17.5. The lowest BCUT2D eigenvalue weighted by Gasteiger charge is -2.32. The molecule has 0 unspecified atom stereocenters. The molecule has 2 aromatic carbocycles. The summed E-state index contributed by atoms with van der Waals surface area (Å²) in [5.74, 6) is -0.626. The van der Waals surface area contributed by atoms with Gasteiger partial charge < -0.3 is 10.2 Å². The zero-order valence-corrected chi connectivity index (χ0v) is 17.5. The van der Waals surface area contributed by atoms with E-state index in [9.17, 15) is 14.0 Å². The summed E-state index contributed by atoms with van der Waals surface area (Å²) >= 11 is 0. The number of carbonyl (C=O) groups is 2. The number of piperidine rings is 1. The molecule has 1 fully saturated rings. The molecule has 0 saturated carbocycles. The molecule has 0 spiro atoms. The summed E-state index contributed by atoms with van der Waals surface area (Å²) in [6.45, 7) is 5.00. The fourth-order valence-corrected chi connectivity index (χ4v) is 3.85. The van der Waals surface area contributed by atoms with Gasteiger partial charge in [0.1, 0.15) is 5.82 Å². The Bertz CT molecular complexity index is 1080. The second-order valence-corrected chi connectivity index (χ2v) is 7.94. The number of likely N-dealkylation sites (tertiary alicyclic amines) is 1. The molecule has 1 aromatic heterocycles. The average Bonchev–Trinajstić information content (AvgIpc) is 3.24. The van der Waals surface area contributed by atoms with E-state index in [1.165, 1.54) is 16.8 Å². The SMILES string of the molecule is Cc1cc(C)cc(C(=O)NC2CCN(C(=O)c3cn(-c4ccc(F)cc4)nn3)CC2)c1. The first kappa shape index (κ1) is 20.7. The maximum Gasteiger partial charge on any atom is 0.276 e. The summed E-state index contributed by atoms with van der Waals surface area (Å²) < 4.78 is 14.5. The van der Waals surface area contributed by atoms with Crippen LogP contribution in [0.3, 0.4) is 0 Å². The third-order valence-corrected chi connectivity index (χ3v) is 5.40. The minimum atomic E-state index is -0.340. The van der Waals surface area contributed by atoms with E-state index in [0.29, 0.717) is 37.2 Å². The summed E-state index contributed by atoms with van der Waals surface area (Å²) in [5, 5.41) is 11.0. The molecule has 0 atom stereocenters. The van der Waals surface area contributed by atoms with Crippen molar-refractivity contribution in [3.05, 3.63) is 76.9 Å². The van der Waals surface area contributed by atoms with Crippen LogP contribution >= 0.6 is 0 Å². The molecular weight excluding hydrogens is 397 g/mol. The van der Waals surface area contributed by atoms with Crippen LogP contribution in [-0.2, 0) is 0 Å². The van der Waals surface area contributed by atoms with E-state index in [1.54, 1.807) is 23.2 Å². The van der Waals surface area contributed by atoms with Crippen LogP contribution in [0, 0.1) is 19.7 Å². The van der Waals surface area contributed by atoms with Crippen molar-refractivity contribution in [3.63, 3.8) is 0 Å². The highest BCUT2D eigenvalue weighted by atomic mass is 19.1. The van der Waals surface area contributed by atoms with Crippen LogP contribution < -0.4 is 5.32 Å². The van der Waals surface area contributed by atoms with Crippen LogP contribution in [0.2, 0.25) is 0 Å². The van der Waals surface area contributed by atoms with Crippen molar-refractivity contribution in [3.8, 4) is 5.69 Å². The summed E-state index contributed by atoms with van der Waals surface area (Å²) in [6.07, 6.45) is 2.90. The van der Waals surface area contributed by atoms with Crippen LogP contribution in [0.15, 0.2) is 48.7 Å². The summed E-state index contributed by atoms with van der Waals surface area (Å²) in [5.41, 5.74) is 3.63. The van der Waals surface area contributed by atoms with E-state index in [1.807, 2.05) is 32.0 Å². The minimum absolute atomic E-state index is 0.0206. The molecule has 0 bridgehead atoms. The molecule has 1 N–H and O–H groups in total. The number of benzene rings is 2. The predicted octanol–water partition coefficient (Wildman–Crippen LogP) is 3.06. The number of nitrogens with zero attached hydrogens (tertiary/aromatic N) is 4. The van der Waals surface area contributed by atoms with Crippen molar-refractivity contribution in [2.45, 2.75) is 32.7 Å². The van der Waals surface area contributed by atoms with Gasteiger partial charge in [0.15, 0.2) is 5.69 Å². The first-order valence-electron chi connectivity index (χ1n) is 10.3. The van der Waals surface area contributed by atoms with Gasteiger partial charge in [0.25, 0.3) is 11.8 Å². The Balaban J connectivity index is 1.34. The standard InChI is InChI=1S/C23H24FN5O2/c1-15-11-16(2)13-17(12-15)22(30)25-19-7-9-28(10-8-19)23(31)21-14-29(27-26-21)20-5-3-18(24)4-6-20/h3-6,11-14,19H,7-10H2,1-2H3,(H,25,30). The Hall–Kier alpha value is -3.55. The van der Waals surface area contributed by atoms with Gasteiger partial charge in [-0.05, 0) is 63.1 Å². The molecular formula is C23H24FN5O2. The Morgan fingerprint density at radius 3 is 2.32 bits per heavy atom. The smallest absolute Gasteiger partial charge is 0.276 e. The number of aryl methyl sites for hydroxylation is 2. The van der Waals surface area contributed by atoms with Gasteiger partial charge in [0.05, 0.1) is 11.9 Å². The van der Waals surface area contributed by atoms with Crippen molar-refractivity contribution in [1.29, 1.82) is 0 Å². The van der Waals surface area contributed by atoms with E-state index in [2.05, 4.69) is 15.6 Å². The van der Waals surface area contributed by atoms with E-state index in [-0.39, 0.29) is 29.4 Å². The average molecular weight is 421 g/mol. The molecule has 1 aliphatic rings. The predicted molar refractivity (Wildman–Crippen MR) is 114 cm³/mol. The molecule has 1 saturated heterocycles. The Labute approximate surface area is 179 Å². The molecule has 7 nitrogen and oxygen atoms in total. The molecule has 2 heterocycles. The minimum Gasteiger partial charge on any atom is -0.349 e. The van der Waals surface area contributed by atoms with Crippen molar-refractivity contribution < 1.29 is 14.0 Å². The van der Waals surface area contributed by atoms with Gasteiger partial charge >= 0.3 is 0 Å². The number of rotatable bonds is 4. The first-order chi connectivity index (χ1) is 14.9. The number of carbonyl (C=O) groups excluding carboxylic acids is 2. The van der Waals surface area contributed by atoms with E-state index in [0.717, 1.165) is 11.1 Å². The molecule has 0 radical (unpaired) electrons. The Morgan fingerprint density at radius 2 is 1.68 bits per heavy atom. The van der Waals surface area contributed by atoms with Crippen LogP contribution in [-0.4, -0.2) is 50.8 Å². The lowest BCUT2D eigenvalue weighted by atomic mass is 10.0. The van der Waals surface area contributed by atoms with E-state index < -0.39 is 0 Å². The van der Waals surface area contributed by atoms with Crippen molar-refractivity contribution in [2.24, 2.45) is 0 Å². The highest BCUT2D eigenvalue weighted by Crippen LogP contribution is 2.16. The van der Waals surface area contributed by atoms with Crippen LogP contribution in [0.25, 0.3) is 5.69 Å². The number of amides is 2. The maximum atomic E-state index is 13.1. The van der Waals surface area contributed by atoms with Gasteiger partial charge in [-0.3, -0.25) is 9.59 Å². The number of aromatic nitrogens is 3.